The molecular weight excluding hydrogens is 707 g/mol. The number of amides is 1. The highest BCUT2D eigenvalue weighted by Gasteiger charge is 2.44. The van der Waals surface area contributed by atoms with E-state index in [0.29, 0.717) is 12.8 Å². The predicted octanol–water partition coefficient (Wildman–Crippen LogP) is 10.3. The van der Waals surface area contributed by atoms with Gasteiger partial charge in [0.2, 0.25) is 5.91 Å². The maximum Gasteiger partial charge on any atom is 0.220 e. The van der Waals surface area contributed by atoms with Gasteiger partial charge in [-0.3, -0.25) is 4.79 Å². The molecule has 0 bridgehead atoms. The molecule has 1 saturated heterocycles. The van der Waals surface area contributed by atoms with Crippen LogP contribution in [-0.4, -0.2) is 87.5 Å². The summed E-state index contributed by atoms with van der Waals surface area (Å²) in [6.07, 6.45) is 35.7. The smallest absolute Gasteiger partial charge is 0.220 e. The zero-order chi connectivity index (χ0) is 40.9. The van der Waals surface area contributed by atoms with Crippen molar-refractivity contribution in [1.29, 1.82) is 0 Å². The van der Waals surface area contributed by atoms with Crippen molar-refractivity contribution in [2.75, 3.05) is 13.2 Å². The van der Waals surface area contributed by atoms with Gasteiger partial charge in [0.1, 0.15) is 24.4 Å². The topological polar surface area (TPSA) is 149 Å². The molecule has 0 aliphatic carbocycles. The minimum atomic E-state index is -1.55. The summed E-state index contributed by atoms with van der Waals surface area (Å²) in [5.74, 6) is -0.142. The van der Waals surface area contributed by atoms with Crippen LogP contribution in [0, 0.1) is 0 Å². The lowest BCUT2D eigenvalue weighted by Gasteiger charge is -2.40. The average Bonchev–Trinajstić information content (AvgIpc) is 3.20. The monoisotopic (exact) mass is 800 g/mol. The zero-order valence-electron chi connectivity index (χ0n) is 36.7. The van der Waals surface area contributed by atoms with Crippen LogP contribution in [0.25, 0.3) is 0 Å². The minimum Gasteiger partial charge on any atom is -0.394 e. The summed E-state index contributed by atoms with van der Waals surface area (Å²) in [4.78, 5) is 12.9. The number of ether oxygens (including phenoxy) is 2. The third kappa shape index (κ3) is 28.6. The Morgan fingerprint density at radius 2 is 0.893 bits per heavy atom. The lowest BCUT2D eigenvalue weighted by molar-refractivity contribution is -0.302. The summed E-state index contributed by atoms with van der Waals surface area (Å²) < 4.78 is 11.2. The van der Waals surface area contributed by atoms with Crippen molar-refractivity contribution >= 4 is 5.91 Å². The molecule has 9 nitrogen and oxygen atoms in total. The molecule has 6 N–H and O–H groups in total. The van der Waals surface area contributed by atoms with E-state index in [2.05, 4.69) is 19.2 Å². The van der Waals surface area contributed by atoms with Crippen LogP contribution in [0.3, 0.4) is 0 Å². The number of rotatable bonds is 41. The third-order valence-electron chi connectivity index (χ3n) is 12.0. The predicted molar refractivity (Wildman–Crippen MR) is 231 cm³/mol. The molecule has 1 rings (SSSR count). The summed E-state index contributed by atoms with van der Waals surface area (Å²) in [7, 11) is 0. The molecule has 0 spiro atoms. The Bertz CT molecular complexity index is 847. The lowest BCUT2D eigenvalue weighted by atomic mass is 9.99. The molecule has 0 aromatic heterocycles. The first-order chi connectivity index (χ1) is 27.3. The van der Waals surface area contributed by atoms with Gasteiger partial charge in [-0.15, -0.1) is 0 Å². The molecule has 1 fully saturated rings. The maximum atomic E-state index is 12.9. The second kappa shape index (κ2) is 38.4. The minimum absolute atomic E-state index is 0.133. The van der Waals surface area contributed by atoms with E-state index in [-0.39, 0.29) is 12.5 Å². The van der Waals surface area contributed by atoms with Gasteiger partial charge >= 0.3 is 0 Å². The summed E-state index contributed by atoms with van der Waals surface area (Å²) >= 11 is 0. The average molecular weight is 800 g/mol. The fraction of sp³-hybridized carbons (Fsp3) is 0.979. The molecule has 7 atom stereocenters. The summed E-state index contributed by atoms with van der Waals surface area (Å²) in [5.41, 5.74) is 0. The molecule has 0 aromatic rings. The second-order valence-corrected chi connectivity index (χ2v) is 17.3. The molecule has 0 radical (unpaired) electrons. The number of hydrogen-bond donors (Lipinski definition) is 6. The SMILES string of the molecule is CCCCCCCCCCCCCCCCCCCCCCCCCCCC(=O)NC(COC1OC(CO)C(O)C(O)C1O)C(O)CCCCCCCCCC. The third-order valence-corrected chi connectivity index (χ3v) is 12.0. The molecule has 56 heavy (non-hydrogen) atoms. The van der Waals surface area contributed by atoms with Gasteiger partial charge in [-0.05, 0) is 12.8 Å². The van der Waals surface area contributed by atoms with Gasteiger partial charge < -0.3 is 40.3 Å². The normalized spacial score (nSPS) is 21.0. The standard InChI is InChI=1S/C47H93NO8/c1-3-5-7-9-11-13-14-15-16-17-18-19-20-21-22-23-24-25-26-27-28-29-31-33-35-37-43(51)48-40(41(50)36-34-32-30-12-10-8-6-4-2)39-55-47-46(54)45(53)44(52)42(38-49)56-47/h40-42,44-47,49-50,52-54H,3-39H2,1-2H3,(H,48,51). The largest absolute Gasteiger partial charge is 0.394 e. The molecule has 0 saturated carbocycles. The van der Waals surface area contributed by atoms with E-state index in [1.54, 1.807) is 0 Å². The van der Waals surface area contributed by atoms with Crippen LogP contribution in [0.15, 0.2) is 0 Å². The molecule has 1 heterocycles. The molecule has 0 aromatic carbocycles. The first-order valence-electron chi connectivity index (χ1n) is 24.2. The van der Waals surface area contributed by atoms with E-state index in [0.717, 1.165) is 38.5 Å². The Labute approximate surface area is 344 Å². The number of hydrogen-bond acceptors (Lipinski definition) is 8. The Morgan fingerprint density at radius 3 is 1.27 bits per heavy atom. The van der Waals surface area contributed by atoms with Crippen molar-refractivity contribution in [3.8, 4) is 0 Å². The fourth-order valence-electron chi connectivity index (χ4n) is 8.04. The number of unbranched alkanes of at least 4 members (excludes halogenated alkanes) is 31. The highest BCUT2D eigenvalue weighted by Crippen LogP contribution is 2.23. The zero-order valence-corrected chi connectivity index (χ0v) is 36.7. The second-order valence-electron chi connectivity index (χ2n) is 17.3. The summed E-state index contributed by atoms with van der Waals surface area (Å²) in [5, 5.41) is 54.1. The van der Waals surface area contributed by atoms with Gasteiger partial charge in [0.15, 0.2) is 6.29 Å². The van der Waals surface area contributed by atoms with Crippen LogP contribution in [-0.2, 0) is 14.3 Å². The van der Waals surface area contributed by atoms with E-state index in [1.165, 1.54) is 173 Å². The molecule has 334 valence electrons. The van der Waals surface area contributed by atoms with Crippen LogP contribution >= 0.6 is 0 Å². The van der Waals surface area contributed by atoms with Crippen molar-refractivity contribution in [2.24, 2.45) is 0 Å². The lowest BCUT2D eigenvalue weighted by Crippen LogP contribution is -2.60. The quantitative estimate of drug-likeness (QED) is 0.0335. The number of aliphatic hydroxyl groups excluding tert-OH is 5. The molecule has 9 heteroatoms. The van der Waals surface area contributed by atoms with Gasteiger partial charge in [-0.25, -0.2) is 0 Å². The summed E-state index contributed by atoms with van der Waals surface area (Å²) in [6, 6.07) is -0.710. The van der Waals surface area contributed by atoms with Crippen molar-refractivity contribution in [3.63, 3.8) is 0 Å². The molecule has 1 aliphatic rings. The molecule has 7 unspecified atom stereocenters. The van der Waals surface area contributed by atoms with E-state index >= 15 is 0 Å². The van der Waals surface area contributed by atoms with E-state index in [1.807, 2.05) is 0 Å². The van der Waals surface area contributed by atoms with E-state index < -0.39 is 49.5 Å². The molecular formula is C47H93NO8. The van der Waals surface area contributed by atoms with Gasteiger partial charge in [-0.2, -0.15) is 0 Å². The van der Waals surface area contributed by atoms with Gasteiger partial charge in [-0.1, -0.05) is 219 Å². The maximum absolute atomic E-state index is 12.9. The van der Waals surface area contributed by atoms with Gasteiger partial charge in [0.05, 0.1) is 25.4 Å². The Balaban J connectivity index is 2.14. The molecule has 1 aliphatic heterocycles. The van der Waals surface area contributed by atoms with Crippen LogP contribution in [0.5, 0.6) is 0 Å². The van der Waals surface area contributed by atoms with E-state index in [9.17, 15) is 30.3 Å². The van der Waals surface area contributed by atoms with Crippen LogP contribution in [0.2, 0.25) is 0 Å². The number of nitrogens with one attached hydrogen (secondary N) is 1. The van der Waals surface area contributed by atoms with Gasteiger partial charge in [0, 0.05) is 6.42 Å². The number of carbonyl (C=O) groups excluding carboxylic acids is 1. The number of carbonyl (C=O) groups is 1. The van der Waals surface area contributed by atoms with Crippen LogP contribution in [0.4, 0.5) is 0 Å². The fourth-order valence-corrected chi connectivity index (χ4v) is 8.04. The van der Waals surface area contributed by atoms with Crippen molar-refractivity contribution in [2.45, 2.75) is 281 Å². The Hall–Kier alpha value is -0.810. The highest BCUT2D eigenvalue weighted by molar-refractivity contribution is 5.76. The van der Waals surface area contributed by atoms with E-state index in [4.69, 9.17) is 9.47 Å². The molecule has 1 amide bonds. The Kier molecular flexibility index (Phi) is 36.5. The van der Waals surface area contributed by atoms with Gasteiger partial charge in [0.25, 0.3) is 0 Å². The highest BCUT2D eigenvalue weighted by atomic mass is 16.7. The first-order valence-corrected chi connectivity index (χ1v) is 24.2. The van der Waals surface area contributed by atoms with Crippen molar-refractivity contribution in [3.05, 3.63) is 0 Å². The van der Waals surface area contributed by atoms with Crippen LogP contribution in [0.1, 0.15) is 239 Å². The summed E-state index contributed by atoms with van der Waals surface area (Å²) in [6.45, 7) is 3.82. The first kappa shape index (κ1) is 53.2. The van der Waals surface area contributed by atoms with Crippen molar-refractivity contribution in [1.82, 2.24) is 5.32 Å². The Morgan fingerprint density at radius 1 is 0.536 bits per heavy atom. The number of aliphatic hydroxyl groups is 5. The van der Waals surface area contributed by atoms with Crippen molar-refractivity contribution < 1.29 is 39.8 Å². The van der Waals surface area contributed by atoms with Crippen LogP contribution < -0.4 is 5.32 Å².